The van der Waals surface area contributed by atoms with Crippen LogP contribution in [0, 0.1) is 6.92 Å². The van der Waals surface area contributed by atoms with Crippen molar-refractivity contribution in [3.05, 3.63) is 23.2 Å². The molecule has 1 aliphatic rings. The molecule has 0 aliphatic carbocycles. The van der Waals surface area contributed by atoms with E-state index in [0.717, 1.165) is 44.0 Å². The molecule has 0 bridgehead atoms. The molecule has 2 rings (SSSR count). The molecule has 1 amide bonds. The molecular weight excluding hydrogens is 268 g/mol. The van der Waals surface area contributed by atoms with Gasteiger partial charge in [-0.05, 0) is 32.5 Å². The Morgan fingerprint density at radius 2 is 2.24 bits per heavy atom. The van der Waals surface area contributed by atoms with Gasteiger partial charge < -0.3 is 4.42 Å². The molecule has 1 fully saturated rings. The lowest BCUT2D eigenvalue weighted by Gasteiger charge is -2.26. The number of amides is 1. The SMILES string of the molecule is CCN(CC)C1CCN(Cc2cc(C(=O)NN)oc2C)C1. The maximum Gasteiger partial charge on any atom is 0.300 e. The standard InChI is InChI=1S/C15H26N4O2/c1-4-19(5-2)13-6-7-18(10-13)9-12-8-14(15(20)17-16)21-11(12)3/h8,13H,4-7,9-10,16H2,1-3H3,(H,17,20). The molecule has 1 saturated heterocycles. The number of hydrogen-bond donors (Lipinski definition) is 2. The van der Waals surface area contributed by atoms with Gasteiger partial charge in [0.1, 0.15) is 5.76 Å². The van der Waals surface area contributed by atoms with Gasteiger partial charge in [-0.1, -0.05) is 13.8 Å². The van der Waals surface area contributed by atoms with Crippen LogP contribution in [0.25, 0.3) is 0 Å². The van der Waals surface area contributed by atoms with Gasteiger partial charge in [0.25, 0.3) is 0 Å². The lowest BCUT2D eigenvalue weighted by atomic mass is 10.2. The molecule has 118 valence electrons. The normalized spacial score (nSPS) is 19.4. The van der Waals surface area contributed by atoms with Crippen LogP contribution in [0.4, 0.5) is 0 Å². The quantitative estimate of drug-likeness (QED) is 0.467. The molecule has 1 aliphatic heterocycles. The zero-order valence-corrected chi connectivity index (χ0v) is 13.2. The largest absolute Gasteiger partial charge is 0.456 e. The van der Waals surface area contributed by atoms with Crippen molar-refractivity contribution in [1.29, 1.82) is 0 Å². The number of hydrogen-bond acceptors (Lipinski definition) is 5. The van der Waals surface area contributed by atoms with Gasteiger partial charge in [-0.15, -0.1) is 0 Å². The Hall–Kier alpha value is -1.37. The van der Waals surface area contributed by atoms with Crippen LogP contribution in [-0.2, 0) is 6.54 Å². The van der Waals surface area contributed by atoms with Crippen LogP contribution in [-0.4, -0.2) is 47.9 Å². The number of aryl methyl sites for hydroxylation is 1. The van der Waals surface area contributed by atoms with Gasteiger partial charge in [0, 0.05) is 31.2 Å². The number of furan rings is 1. The lowest BCUT2D eigenvalue weighted by Crippen LogP contribution is -2.37. The van der Waals surface area contributed by atoms with Gasteiger partial charge in [0.05, 0.1) is 0 Å². The van der Waals surface area contributed by atoms with E-state index in [9.17, 15) is 4.79 Å². The van der Waals surface area contributed by atoms with Crippen LogP contribution >= 0.6 is 0 Å². The van der Waals surface area contributed by atoms with Gasteiger partial charge in [0.15, 0.2) is 5.76 Å². The zero-order chi connectivity index (χ0) is 15.4. The molecule has 21 heavy (non-hydrogen) atoms. The third kappa shape index (κ3) is 3.64. The average molecular weight is 294 g/mol. The predicted molar refractivity (Wildman–Crippen MR) is 81.7 cm³/mol. The fourth-order valence-corrected chi connectivity index (χ4v) is 3.09. The Morgan fingerprint density at radius 3 is 2.86 bits per heavy atom. The van der Waals surface area contributed by atoms with Crippen molar-refractivity contribution in [1.82, 2.24) is 15.2 Å². The van der Waals surface area contributed by atoms with E-state index in [-0.39, 0.29) is 11.7 Å². The second-order valence-electron chi connectivity index (χ2n) is 5.56. The fourth-order valence-electron chi connectivity index (χ4n) is 3.09. The smallest absolute Gasteiger partial charge is 0.300 e. The molecule has 6 nitrogen and oxygen atoms in total. The number of carbonyl (C=O) groups is 1. The summed E-state index contributed by atoms with van der Waals surface area (Å²) in [7, 11) is 0. The number of hydrazine groups is 1. The number of rotatable bonds is 6. The van der Waals surface area contributed by atoms with Gasteiger partial charge in [-0.2, -0.15) is 0 Å². The first-order valence-corrected chi connectivity index (χ1v) is 7.65. The highest BCUT2D eigenvalue weighted by molar-refractivity contribution is 5.91. The topological polar surface area (TPSA) is 74.7 Å². The minimum absolute atomic E-state index is 0.282. The second kappa shape index (κ2) is 7.06. The molecule has 1 atom stereocenters. The van der Waals surface area contributed by atoms with E-state index in [2.05, 4.69) is 29.1 Å². The third-order valence-electron chi connectivity index (χ3n) is 4.35. The molecule has 1 aromatic rings. The fraction of sp³-hybridized carbons (Fsp3) is 0.667. The molecule has 0 radical (unpaired) electrons. The van der Waals surface area contributed by atoms with E-state index < -0.39 is 0 Å². The summed E-state index contributed by atoms with van der Waals surface area (Å²) in [5, 5.41) is 0. The summed E-state index contributed by atoms with van der Waals surface area (Å²) >= 11 is 0. The van der Waals surface area contributed by atoms with Crippen molar-refractivity contribution in [3.8, 4) is 0 Å². The number of nitrogens with zero attached hydrogens (tertiary/aromatic N) is 2. The van der Waals surface area contributed by atoms with E-state index >= 15 is 0 Å². The summed E-state index contributed by atoms with van der Waals surface area (Å²) < 4.78 is 5.47. The molecule has 1 aromatic heterocycles. The molecule has 6 heteroatoms. The van der Waals surface area contributed by atoms with Crippen LogP contribution < -0.4 is 11.3 Å². The van der Waals surface area contributed by atoms with Crippen molar-refractivity contribution in [2.75, 3.05) is 26.2 Å². The van der Waals surface area contributed by atoms with Crippen molar-refractivity contribution < 1.29 is 9.21 Å². The molecule has 3 N–H and O–H groups in total. The Balaban J connectivity index is 1.97. The number of carbonyl (C=O) groups excluding carboxylic acids is 1. The van der Waals surface area contributed by atoms with Crippen molar-refractivity contribution in [2.45, 2.75) is 39.8 Å². The van der Waals surface area contributed by atoms with Crippen molar-refractivity contribution in [3.63, 3.8) is 0 Å². The minimum Gasteiger partial charge on any atom is -0.456 e. The minimum atomic E-state index is -0.383. The highest BCUT2D eigenvalue weighted by atomic mass is 16.4. The summed E-state index contributed by atoms with van der Waals surface area (Å²) in [5.74, 6) is 5.82. The maximum atomic E-state index is 11.5. The number of likely N-dealkylation sites (tertiary alicyclic amines) is 1. The molecule has 1 unspecified atom stereocenters. The van der Waals surface area contributed by atoms with E-state index in [1.807, 2.05) is 6.92 Å². The molecule has 2 heterocycles. The highest BCUT2D eigenvalue weighted by Crippen LogP contribution is 2.21. The van der Waals surface area contributed by atoms with Crippen LogP contribution in [0.3, 0.4) is 0 Å². The molecule has 0 spiro atoms. The highest BCUT2D eigenvalue weighted by Gasteiger charge is 2.27. The third-order valence-corrected chi connectivity index (χ3v) is 4.35. The van der Waals surface area contributed by atoms with E-state index in [1.165, 1.54) is 6.42 Å². The summed E-state index contributed by atoms with van der Waals surface area (Å²) in [6.07, 6.45) is 1.20. The zero-order valence-electron chi connectivity index (χ0n) is 13.2. The summed E-state index contributed by atoms with van der Waals surface area (Å²) in [5.41, 5.74) is 3.16. The summed E-state index contributed by atoms with van der Waals surface area (Å²) in [6, 6.07) is 2.43. The first-order chi connectivity index (χ1) is 10.1. The van der Waals surface area contributed by atoms with E-state index in [1.54, 1.807) is 6.07 Å². The van der Waals surface area contributed by atoms with Gasteiger partial charge in [-0.3, -0.25) is 20.0 Å². The Morgan fingerprint density at radius 1 is 1.52 bits per heavy atom. The van der Waals surface area contributed by atoms with E-state index in [0.29, 0.717) is 6.04 Å². The van der Waals surface area contributed by atoms with Gasteiger partial charge >= 0.3 is 5.91 Å². The number of likely N-dealkylation sites (N-methyl/N-ethyl adjacent to an activating group) is 1. The Labute approximate surface area is 126 Å². The maximum absolute atomic E-state index is 11.5. The number of nitrogens with two attached hydrogens (primary N) is 1. The van der Waals surface area contributed by atoms with Crippen LogP contribution in [0.1, 0.15) is 42.1 Å². The molecule has 0 saturated carbocycles. The lowest BCUT2D eigenvalue weighted by molar-refractivity contribution is 0.0924. The second-order valence-corrected chi connectivity index (χ2v) is 5.56. The summed E-state index contributed by atoms with van der Waals surface area (Å²) in [4.78, 5) is 16.4. The Bertz CT molecular complexity index is 482. The van der Waals surface area contributed by atoms with E-state index in [4.69, 9.17) is 10.3 Å². The first-order valence-electron chi connectivity index (χ1n) is 7.65. The monoisotopic (exact) mass is 294 g/mol. The van der Waals surface area contributed by atoms with Crippen LogP contribution in [0.2, 0.25) is 0 Å². The molecule has 0 aromatic carbocycles. The predicted octanol–water partition coefficient (Wildman–Crippen LogP) is 1.11. The van der Waals surface area contributed by atoms with Crippen molar-refractivity contribution >= 4 is 5.91 Å². The number of nitrogen functional groups attached to an aromatic ring is 1. The van der Waals surface area contributed by atoms with Gasteiger partial charge in [0.2, 0.25) is 0 Å². The van der Waals surface area contributed by atoms with Crippen LogP contribution in [0.5, 0.6) is 0 Å². The van der Waals surface area contributed by atoms with Crippen LogP contribution in [0.15, 0.2) is 10.5 Å². The number of nitrogens with one attached hydrogen (secondary N) is 1. The van der Waals surface area contributed by atoms with Gasteiger partial charge in [-0.25, -0.2) is 5.84 Å². The summed E-state index contributed by atoms with van der Waals surface area (Å²) in [6.45, 7) is 11.5. The Kier molecular flexibility index (Phi) is 5.39. The molecular formula is C15H26N4O2. The van der Waals surface area contributed by atoms with Crippen molar-refractivity contribution in [2.24, 2.45) is 5.84 Å². The average Bonchev–Trinajstić information content (AvgIpc) is 3.08. The first kappa shape index (κ1) is 16.0.